The van der Waals surface area contributed by atoms with Gasteiger partial charge < -0.3 is 14.7 Å². The molecular formula is C15H21F3N4O2. The van der Waals surface area contributed by atoms with Crippen molar-refractivity contribution in [2.75, 3.05) is 39.3 Å². The van der Waals surface area contributed by atoms with Crippen molar-refractivity contribution in [3.8, 4) is 0 Å². The first-order valence-corrected chi connectivity index (χ1v) is 8.05. The quantitative estimate of drug-likeness (QED) is 0.886. The van der Waals surface area contributed by atoms with Crippen LogP contribution in [0.25, 0.3) is 0 Å². The molecule has 0 bridgehead atoms. The van der Waals surface area contributed by atoms with Crippen LogP contribution in [0.3, 0.4) is 0 Å². The second-order valence-electron chi connectivity index (χ2n) is 6.44. The summed E-state index contributed by atoms with van der Waals surface area (Å²) in [6, 6.07) is 1.86. The predicted molar refractivity (Wildman–Crippen MR) is 79.0 cm³/mol. The number of piperazine rings is 1. The number of amides is 1. The summed E-state index contributed by atoms with van der Waals surface area (Å²) in [6.45, 7) is 4.48. The van der Waals surface area contributed by atoms with Crippen LogP contribution in [-0.2, 0) is 11.3 Å². The summed E-state index contributed by atoms with van der Waals surface area (Å²) in [6.07, 6.45) is -4.34. The Morgan fingerprint density at radius 2 is 2.04 bits per heavy atom. The van der Waals surface area contributed by atoms with Crippen molar-refractivity contribution in [2.24, 2.45) is 11.8 Å². The zero-order chi connectivity index (χ0) is 17.3. The number of carbonyl (C=O) groups is 1. The lowest BCUT2D eigenvalue weighted by Gasteiger charge is -2.36. The Labute approximate surface area is 137 Å². The highest BCUT2D eigenvalue weighted by Crippen LogP contribution is 2.35. The van der Waals surface area contributed by atoms with Crippen molar-refractivity contribution in [3.63, 3.8) is 0 Å². The lowest BCUT2D eigenvalue weighted by atomic mass is 9.93. The van der Waals surface area contributed by atoms with Gasteiger partial charge in [0.25, 0.3) is 0 Å². The lowest BCUT2D eigenvalue weighted by Crippen LogP contribution is -2.51. The first-order valence-electron chi connectivity index (χ1n) is 8.05. The van der Waals surface area contributed by atoms with Gasteiger partial charge in [0.05, 0.1) is 17.5 Å². The van der Waals surface area contributed by atoms with E-state index >= 15 is 0 Å². The number of aromatic nitrogens is 1. The predicted octanol–water partition coefficient (Wildman–Crippen LogP) is 1.03. The van der Waals surface area contributed by atoms with Crippen molar-refractivity contribution in [1.29, 1.82) is 0 Å². The molecular weight excluding hydrogens is 325 g/mol. The normalized spacial score (nSPS) is 26.1. The number of nitrogens with zero attached hydrogens (tertiary/aromatic N) is 3. The molecule has 1 aromatic heterocycles. The van der Waals surface area contributed by atoms with E-state index in [1.165, 1.54) is 0 Å². The Balaban J connectivity index is 1.53. The molecule has 2 aliphatic heterocycles. The van der Waals surface area contributed by atoms with Crippen molar-refractivity contribution >= 4 is 5.91 Å². The molecule has 2 atom stereocenters. The zero-order valence-electron chi connectivity index (χ0n) is 13.5. The van der Waals surface area contributed by atoms with Crippen molar-refractivity contribution in [3.05, 3.63) is 17.5 Å². The summed E-state index contributed by atoms with van der Waals surface area (Å²) >= 11 is 0. The van der Waals surface area contributed by atoms with Crippen LogP contribution >= 0.6 is 0 Å². The average molecular weight is 346 g/mol. The molecule has 0 saturated carbocycles. The number of nitrogens with one attached hydrogen (secondary N) is 1. The standard InChI is InChI=1S/C15H21F3N4O2/c1-10-6-11(20-24-10)9-21-2-4-22(5-3-21)14(23)12-7-19-8-13(12)15(16,17)18/h6,12-13,19H,2-5,7-9H2,1H3/t12-,13-/m1/s1. The van der Waals surface area contributed by atoms with E-state index < -0.39 is 18.0 Å². The molecule has 6 nitrogen and oxygen atoms in total. The molecule has 2 aliphatic rings. The molecule has 3 rings (SSSR count). The highest BCUT2D eigenvalue weighted by Gasteiger charge is 2.50. The van der Waals surface area contributed by atoms with E-state index in [0.29, 0.717) is 32.7 Å². The fourth-order valence-electron chi connectivity index (χ4n) is 3.36. The number of hydrogen-bond acceptors (Lipinski definition) is 5. The van der Waals surface area contributed by atoms with Crippen molar-refractivity contribution in [1.82, 2.24) is 20.3 Å². The zero-order valence-corrected chi connectivity index (χ0v) is 13.5. The summed E-state index contributed by atoms with van der Waals surface area (Å²) in [7, 11) is 0. The van der Waals surface area contributed by atoms with Crippen LogP contribution < -0.4 is 5.32 Å². The number of halogens is 3. The Kier molecular flexibility index (Phi) is 4.82. The number of carbonyl (C=O) groups excluding carboxylic acids is 1. The van der Waals surface area contributed by atoms with Crippen LogP contribution in [0.4, 0.5) is 13.2 Å². The number of alkyl halides is 3. The second kappa shape index (κ2) is 6.72. The van der Waals surface area contributed by atoms with Gasteiger partial charge in [0, 0.05) is 51.9 Å². The van der Waals surface area contributed by atoms with Crippen LogP contribution in [-0.4, -0.2) is 66.3 Å². The molecule has 2 fully saturated rings. The van der Waals surface area contributed by atoms with Gasteiger partial charge in [-0.25, -0.2) is 0 Å². The fraction of sp³-hybridized carbons (Fsp3) is 0.733. The Hall–Kier alpha value is -1.61. The molecule has 24 heavy (non-hydrogen) atoms. The summed E-state index contributed by atoms with van der Waals surface area (Å²) in [4.78, 5) is 16.1. The van der Waals surface area contributed by atoms with E-state index in [0.717, 1.165) is 11.5 Å². The molecule has 1 N–H and O–H groups in total. The van der Waals surface area contributed by atoms with E-state index in [1.807, 2.05) is 13.0 Å². The minimum Gasteiger partial charge on any atom is -0.361 e. The second-order valence-corrected chi connectivity index (χ2v) is 6.44. The number of hydrogen-bond donors (Lipinski definition) is 1. The Morgan fingerprint density at radius 1 is 1.33 bits per heavy atom. The summed E-state index contributed by atoms with van der Waals surface area (Å²) in [5.74, 6) is -2.24. The smallest absolute Gasteiger partial charge is 0.361 e. The largest absolute Gasteiger partial charge is 0.393 e. The minimum atomic E-state index is -4.34. The first-order chi connectivity index (χ1) is 11.3. The van der Waals surface area contributed by atoms with E-state index in [4.69, 9.17) is 4.52 Å². The molecule has 0 unspecified atom stereocenters. The molecule has 2 saturated heterocycles. The molecule has 0 aliphatic carbocycles. The molecule has 1 aromatic rings. The Morgan fingerprint density at radius 3 is 2.62 bits per heavy atom. The molecule has 0 aromatic carbocycles. The van der Waals surface area contributed by atoms with Gasteiger partial charge in [0.2, 0.25) is 5.91 Å². The molecule has 0 spiro atoms. The minimum absolute atomic E-state index is 0.0987. The van der Waals surface area contributed by atoms with E-state index in [1.54, 1.807) is 4.90 Å². The third-order valence-electron chi connectivity index (χ3n) is 4.70. The van der Waals surface area contributed by atoms with E-state index in [-0.39, 0.29) is 19.0 Å². The Bertz CT molecular complexity index is 582. The third-order valence-corrected chi connectivity index (χ3v) is 4.70. The maximum atomic E-state index is 13.0. The van der Waals surface area contributed by atoms with Gasteiger partial charge in [-0.2, -0.15) is 13.2 Å². The van der Waals surface area contributed by atoms with Crippen LogP contribution in [0.2, 0.25) is 0 Å². The van der Waals surface area contributed by atoms with Crippen LogP contribution in [0.1, 0.15) is 11.5 Å². The highest BCUT2D eigenvalue weighted by atomic mass is 19.4. The van der Waals surface area contributed by atoms with Gasteiger partial charge in [-0.15, -0.1) is 0 Å². The summed E-state index contributed by atoms with van der Waals surface area (Å²) in [5, 5.41) is 6.63. The van der Waals surface area contributed by atoms with Gasteiger partial charge >= 0.3 is 6.18 Å². The fourth-order valence-corrected chi connectivity index (χ4v) is 3.36. The van der Waals surface area contributed by atoms with Crippen LogP contribution in [0.15, 0.2) is 10.6 Å². The lowest BCUT2D eigenvalue weighted by molar-refractivity contribution is -0.185. The van der Waals surface area contributed by atoms with Crippen LogP contribution in [0, 0.1) is 18.8 Å². The van der Waals surface area contributed by atoms with E-state index in [2.05, 4.69) is 15.4 Å². The third kappa shape index (κ3) is 3.72. The first kappa shape index (κ1) is 17.2. The topological polar surface area (TPSA) is 61.6 Å². The van der Waals surface area contributed by atoms with Crippen molar-refractivity contribution in [2.45, 2.75) is 19.6 Å². The van der Waals surface area contributed by atoms with Gasteiger partial charge in [0.1, 0.15) is 5.76 Å². The molecule has 134 valence electrons. The summed E-state index contributed by atoms with van der Waals surface area (Å²) < 4.78 is 44.1. The monoisotopic (exact) mass is 346 g/mol. The van der Waals surface area contributed by atoms with Gasteiger partial charge in [-0.3, -0.25) is 9.69 Å². The molecule has 9 heteroatoms. The average Bonchev–Trinajstić information content (AvgIpc) is 3.16. The molecule has 1 amide bonds. The molecule has 3 heterocycles. The maximum absolute atomic E-state index is 13.0. The number of rotatable bonds is 3. The van der Waals surface area contributed by atoms with Gasteiger partial charge in [-0.1, -0.05) is 5.16 Å². The summed E-state index contributed by atoms with van der Waals surface area (Å²) in [5.41, 5.74) is 0.824. The van der Waals surface area contributed by atoms with Crippen LogP contribution in [0.5, 0.6) is 0 Å². The van der Waals surface area contributed by atoms with E-state index in [9.17, 15) is 18.0 Å². The van der Waals surface area contributed by atoms with Crippen molar-refractivity contribution < 1.29 is 22.5 Å². The van der Waals surface area contributed by atoms with Gasteiger partial charge in [-0.05, 0) is 6.92 Å². The number of aryl methyl sites for hydroxylation is 1. The highest BCUT2D eigenvalue weighted by molar-refractivity contribution is 5.80. The maximum Gasteiger partial charge on any atom is 0.393 e. The SMILES string of the molecule is Cc1cc(CN2CCN(C(=O)[C@@H]3CNC[C@H]3C(F)(F)F)CC2)no1. The molecule has 0 radical (unpaired) electrons. The van der Waals surface area contributed by atoms with Gasteiger partial charge in [0.15, 0.2) is 0 Å².